The Morgan fingerprint density at radius 1 is 0.971 bits per heavy atom. The number of carbonyl (C=O) groups excluding carboxylic acids is 2. The highest BCUT2D eigenvalue weighted by molar-refractivity contribution is 6.31. The summed E-state index contributed by atoms with van der Waals surface area (Å²) in [5.74, 6) is -0.307. The van der Waals surface area contributed by atoms with E-state index in [9.17, 15) is 22.8 Å². The van der Waals surface area contributed by atoms with Crippen LogP contribution in [-0.4, -0.2) is 28.5 Å². The second kappa shape index (κ2) is 9.06. The van der Waals surface area contributed by atoms with Gasteiger partial charge < -0.3 is 20.5 Å². The molecular formula is C23H17ClF3N5O2. The molecule has 3 N–H and O–H groups in total. The number of benzene rings is 2. The van der Waals surface area contributed by atoms with Crippen molar-refractivity contribution >= 4 is 45.8 Å². The Bertz CT molecular complexity index is 1400. The van der Waals surface area contributed by atoms with Crippen molar-refractivity contribution in [3.05, 3.63) is 83.3 Å². The molecule has 0 saturated heterocycles. The van der Waals surface area contributed by atoms with Gasteiger partial charge in [0.2, 0.25) is 0 Å². The van der Waals surface area contributed by atoms with Crippen molar-refractivity contribution in [3.63, 3.8) is 0 Å². The number of hydrogen-bond acceptors (Lipinski definition) is 3. The molecule has 3 amide bonds. The van der Waals surface area contributed by atoms with E-state index in [-0.39, 0.29) is 17.3 Å². The Balaban J connectivity index is 1.53. The summed E-state index contributed by atoms with van der Waals surface area (Å²) in [5.41, 5.74) is 1.16. The lowest BCUT2D eigenvalue weighted by Gasteiger charge is -2.12. The predicted molar refractivity (Wildman–Crippen MR) is 124 cm³/mol. The molecule has 0 aliphatic carbocycles. The molecule has 4 rings (SSSR count). The van der Waals surface area contributed by atoms with E-state index in [4.69, 9.17) is 11.6 Å². The third-order valence-electron chi connectivity index (χ3n) is 4.96. The number of pyridine rings is 1. The van der Waals surface area contributed by atoms with Gasteiger partial charge in [-0.15, -0.1) is 0 Å². The van der Waals surface area contributed by atoms with Gasteiger partial charge in [-0.2, -0.15) is 13.2 Å². The minimum Gasteiger partial charge on any atom is -0.354 e. The molecule has 0 radical (unpaired) electrons. The molecule has 11 heteroatoms. The van der Waals surface area contributed by atoms with Crippen molar-refractivity contribution in [1.29, 1.82) is 0 Å². The fraction of sp³-hybridized carbons (Fsp3) is 0.0870. The van der Waals surface area contributed by atoms with Gasteiger partial charge in [-0.1, -0.05) is 11.6 Å². The number of urea groups is 1. The maximum atomic E-state index is 13.0. The summed E-state index contributed by atoms with van der Waals surface area (Å²) in [5, 5.41) is 7.84. The maximum Gasteiger partial charge on any atom is 0.417 e. The van der Waals surface area contributed by atoms with Crippen LogP contribution in [0.25, 0.3) is 16.6 Å². The molecule has 0 saturated carbocycles. The normalized spacial score (nSPS) is 11.3. The Morgan fingerprint density at radius 2 is 1.68 bits per heavy atom. The number of nitrogens with zero attached hydrogens (tertiary/aromatic N) is 2. The van der Waals surface area contributed by atoms with E-state index in [0.717, 1.165) is 28.7 Å². The lowest BCUT2D eigenvalue weighted by molar-refractivity contribution is -0.137. The summed E-state index contributed by atoms with van der Waals surface area (Å²) < 4.78 is 40.9. The number of alkyl halides is 3. The average Bonchev–Trinajstić information content (AvgIpc) is 3.22. The van der Waals surface area contributed by atoms with E-state index in [2.05, 4.69) is 20.9 Å². The first-order valence-corrected chi connectivity index (χ1v) is 10.3. The van der Waals surface area contributed by atoms with Gasteiger partial charge in [0.25, 0.3) is 5.91 Å². The summed E-state index contributed by atoms with van der Waals surface area (Å²) >= 11 is 5.61. The monoisotopic (exact) mass is 487 g/mol. The Kier molecular flexibility index (Phi) is 6.16. The summed E-state index contributed by atoms with van der Waals surface area (Å²) in [6, 6.07) is 12.8. The van der Waals surface area contributed by atoms with E-state index >= 15 is 0 Å². The second-order valence-electron chi connectivity index (χ2n) is 7.21. The van der Waals surface area contributed by atoms with Crippen LogP contribution in [0, 0.1) is 0 Å². The summed E-state index contributed by atoms with van der Waals surface area (Å²) in [6.07, 6.45) is -1.30. The highest BCUT2D eigenvalue weighted by atomic mass is 35.5. The van der Waals surface area contributed by atoms with Crippen molar-refractivity contribution in [3.8, 4) is 5.69 Å². The lowest BCUT2D eigenvalue weighted by Crippen LogP contribution is -2.20. The van der Waals surface area contributed by atoms with Crippen molar-refractivity contribution < 1.29 is 22.8 Å². The molecule has 0 aliphatic heterocycles. The van der Waals surface area contributed by atoms with E-state index in [1.54, 1.807) is 30.3 Å². The molecule has 4 aromatic rings. The molecular weight excluding hydrogens is 471 g/mol. The first kappa shape index (κ1) is 23.1. The number of halogens is 4. The van der Waals surface area contributed by atoms with Crippen molar-refractivity contribution in [1.82, 2.24) is 14.9 Å². The van der Waals surface area contributed by atoms with Crippen LogP contribution in [0.2, 0.25) is 5.02 Å². The number of nitrogens with one attached hydrogen (secondary N) is 3. The lowest BCUT2D eigenvalue weighted by atomic mass is 10.2. The number of rotatable bonds is 4. The van der Waals surface area contributed by atoms with Crippen LogP contribution in [-0.2, 0) is 6.18 Å². The highest BCUT2D eigenvalue weighted by Crippen LogP contribution is 2.36. The Hall–Kier alpha value is -4.05. The molecule has 174 valence electrons. The standard InChI is InChI=1S/C23H17ClF3N5O2/c1-28-21(33)19-12-16(6-8-29-19)32-9-7-13-10-14(3-5-20(13)32)30-22(34)31-15-2-4-18(24)17(11-15)23(25,26)27/h2-12H,1H3,(H,28,33)(H2,30,31,34). The zero-order valence-electron chi connectivity index (χ0n) is 17.6. The quantitative estimate of drug-likeness (QED) is 0.345. The third kappa shape index (κ3) is 4.81. The van der Waals surface area contributed by atoms with Crippen LogP contribution in [0.4, 0.5) is 29.3 Å². The number of amides is 3. The van der Waals surface area contributed by atoms with Crippen LogP contribution in [0.3, 0.4) is 0 Å². The minimum atomic E-state index is -4.64. The van der Waals surface area contributed by atoms with Crippen molar-refractivity contribution in [2.45, 2.75) is 6.18 Å². The molecule has 2 heterocycles. The molecule has 0 fully saturated rings. The zero-order chi connectivity index (χ0) is 24.5. The maximum absolute atomic E-state index is 13.0. The fourth-order valence-corrected chi connectivity index (χ4v) is 3.61. The fourth-order valence-electron chi connectivity index (χ4n) is 3.38. The van der Waals surface area contributed by atoms with E-state index in [1.807, 2.05) is 16.8 Å². The van der Waals surface area contributed by atoms with Gasteiger partial charge in [-0.05, 0) is 54.6 Å². The number of hydrogen-bond donors (Lipinski definition) is 3. The van der Waals surface area contributed by atoms with Crippen LogP contribution < -0.4 is 16.0 Å². The SMILES string of the molecule is CNC(=O)c1cc(-n2ccc3cc(NC(=O)Nc4ccc(Cl)c(C(F)(F)F)c4)ccc32)ccn1. The Labute approximate surface area is 196 Å². The number of anilines is 2. The van der Waals surface area contributed by atoms with Gasteiger partial charge in [-0.25, -0.2) is 4.79 Å². The first-order chi connectivity index (χ1) is 16.2. The number of fused-ring (bicyclic) bond motifs is 1. The molecule has 34 heavy (non-hydrogen) atoms. The van der Waals surface area contributed by atoms with Gasteiger partial charge in [0.15, 0.2) is 0 Å². The van der Waals surface area contributed by atoms with Gasteiger partial charge in [0.1, 0.15) is 5.69 Å². The smallest absolute Gasteiger partial charge is 0.354 e. The van der Waals surface area contributed by atoms with Crippen molar-refractivity contribution in [2.24, 2.45) is 0 Å². The summed E-state index contributed by atoms with van der Waals surface area (Å²) in [6.45, 7) is 0. The first-order valence-electron chi connectivity index (χ1n) is 9.90. The number of carbonyl (C=O) groups is 2. The second-order valence-corrected chi connectivity index (χ2v) is 7.62. The van der Waals surface area contributed by atoms with Gasteiger partial charge >= 0.3 is 12.2 Å². The average molecular weight is 488 g/mol. The predicted octanol–water partition coefficient (Wildman–Crippen LogP) is 5.70. The van der Waals surface area contributed by atoms with Crippen LogP contribution in [0.5, 0.6) is 0 Å². The van der Waals surface area contributed by atoms with Gasteiger partial charge in [0.05, 0.1) is 16.1 Å². The van der Waals surface area contributed by atoms with Crippen LogP contribution in [0.15, 0.2) is 67.0 Å². The summed E-state index contributed by atoms with van der Waals surface area (Å²) in [7, 11) is 1.52. The van der Waals surface area contributed by atoms with Crippen LogP contribution in [0.1, 0.15) is 16.1 Å². The van der Waals surface area contributed by atoms with Crippen LogP contribution >= 0.6 is 11.6 Å². The molecule has 0 aliphatic rings. The number of aromatic nitrogens is 2. The minimum absolute atomic E-state index is 0.0499. The molecule has 0 unspecified atom stereocenters. The zero-order valence-corrected chi connectivity index (χ0v) is 18.3. The van der Waals surface area contributed by atoms with Crippen molar-refractivity contribution in [2.75, 3.05) is 17.7 Å². The Morgan fingerprint density at radius 3 is 2.38 bits per heavy atom. The molecule has 2 aromatic heterocycles. The largest absolute Gasteiger partial charge is 0.417 e. The van der Waals surface area contributed by atoms with E-state index in [1.165, 1.54) is 19.3 Å². The molecule has 7 nitrogen and oxygen atoms in total. The third-order valence-corrected chi connectivity index (χ3v) is 5.29. The van der Waals surface area contributed by atoms with Gasteiger partial charge in [-0.3, -0.25) is 9.78 Å². The van der Waals surface area contributed by atoms with E-state index in [0.29, 0.717) is 5.69 Å². The highest BCUT2D eigenvalue weighted by Gasteiger charge is 2.33. The molecule has 0 atom stereocenters. The summed E-state index contributed by atoms with van der Waals surface area (Å²) in [4.78, 5) is 28.3. The van der Waals surface area contributed by atoms with Gasteiger partial charge in [0, 0.05) is 41.9 Å². The molecule has 0 spiro atoms. The van der Waals surface area contributed by atoms with E-state index < -0.39 is 22.8 Å². The molecule has 2 aromatic carbocycles. The topological polar surface area (TPSA) is 88.0 Å². The molecule has 0 bridgehead atoms.